The molecule has 0 aliphatic rings. The molecular weight excluding hydrogens is 440 g/mol. The molecule has 3 aromatic rings. The molecule has 0 N–H and O–H groups in total. The highest BCUT2D eigenvalue weighted by Crippen LogP contribution is 2.36. The van der Waals surface area contributed by atoms with E-state index in [-0.39, 0.29) is 0 Å². The lowest BCUT2D eigenvalue weighted by molar-refractivity contribution is 0.202. The molecule has 1 aromatic heterocycles. The van der Waals surface area contributed by atoms with Crippen molar-refractivity contribution in [1.29, 1.82) is 0 Å². The van der Waals surface area contributed by atoms with Crippen LogP contribution in [0.5, 0.6) is 23.0 Å². The smallest absolute Gasteiger partial charge is 0.175 e. The normalized spacial score (nSPS) is 10.9. The minimum atomic E-state index is 0.338. The monoisotopic (exact) mass is 460 g/mol. The van der Waals surface area contributed by atoms with Gasteiger partial charge in [0.25, 0.3) is 0 Å². The fraction of sp³-hybridized carbons (Fsp3) is 0.250. The Morgan fingerprint density at radius 1 is 1.00 bits per heavy atom. The minimum absolute atomic E-state index is 0.338. The van der Waals surface area contributed by atoms with Crippen LogP contribution in [0, 0.1) is 0 Å². The van der Waals surface area contributed by atoms with Crippen molar-refractivity contribution in [3.63, 3.8) is 0 Å². The Morgan fingerprint density at radius 2 is 1.72 bits per heavy atom. The molecular formula is C20H21BrN4O4. The lowest BCUT2D eigenvalue weighted by Crippen LogP contribution is -2.11. The van der Waals surface area contributed by atoms with Crippen LogP contribution in [0.2, 0.25) is 0 Å². The van der Waals surface area contributed by atoms with Crippen molar-refractivity contribution in [3.05, 3.63) is 59.1 Å². The van der Waals surface area contributed by atoms with E-state index in [4.69, 9.17) is 18.9 Å². The van der Waals surface area contributed by atoms with Crippen molar-refractivity contribution < 1.29 is 18.9 Å². The van der Waals surface area contributed by atoms with Crippen LogP contribution in [0.1, 0.15) is 12.5 Å². The van der Waals surface area contributed by atoms with E-state index < -0.39 is 0 Å². The van der Waals surface area contributed by atoms with Crippen LogP contribution in [-0.4, -0.2) is 48.0 Å². The van der Waals surface area contributed by atoms with Gasteiger partial charge in [0.15, 0.2) is 23.0 Å². The summed E-state index contributed by atoms with van der Waals surface area (Å²) in [5.74, 6) is 2.57. The van der Waals surface area contributed by atoms with Gasteiger partial charge in [-0.25, -0.2) is 4.68 Å². The quantitative estimate of drug-likeness (QED) is 0.338. The predicted molar refractivity (Wildman–Crippen MR) is 112 cm³/mol. The average molecular weight is 461 g/mol. The van der Waals surface area contributed by atoms with Gasteiger partial charge in [0.2, 0.25) is 0 Å². The van der Waals surface area contributed by atoms with Crippen molar-refractivity contribution in [2.24, 2.45) is 5.10 Å². The maximum atomic E-state index is 5.91. The molecule has 0 unspecified atom stereocenters. The standard InChI is InChI=1S/C20H21BrN4O4/c1-3-27-19-11-15(12-24-25-13-22-23-14-25)10-16(21)20(19)29-9-8-28-18-7-5-4-6-17(18)26-2/h4-7,10-14H,3,8-9H2,1-2H3/b24-12+. The number of nitrogens with zero attached hydrogens (tertiary/aromatic N) is 4. The Balaban J connectivity index is 1.66. The average Bonchev–Trinajstić information content (AvgIpc) is 3.25. The van der Waals surface area contributed by atoms with Gasteiger partial charge in [-0.1, -0.05) is 12.1 Å². The Labute approximate surface area is 177 Å². The first-order valence-electron chi connectivity index (χ1n) is 8.95. The van der Waals surface area contributed by atoms with E-state index in [1.807, 2.05) is 43.3 Å². The fourth-order valence-corrected chi connectivity index (χ4v) is 3.06. The molecule has 8 nitrogen and oxygen atoms in total. The number of hydrogen-bond acceptors (Lipinski definition) is 7. The molecule has 29 heavy (non-hydrogen) atoms. The summed E-state index contributed by atoms with van der Waals surface area (Å²) in [7, 11) is 1.61. The minimum Gasteiger partial charge on any atom is -0.493 e. The highest BCUT2D eigenvalue weighted by Gasteiger charge is 2.12. The molecule has 2 aromatic carbocycles. The van der Waals surface area contributed by atoms with Crippen molar-refractivity contribution >= 4 is 22.1 Å². The van der Waals surface area contributed by atoms with Gasteiger partial charge in [0.05, 0.1) is 24.4 Å². The number of aromatic nitrogens is 3. The van der Waals surface area contributed by atoms with Gasteiger partial charge in [-0.05, 0) is 52.7 Å². The van der Waals surface area contributed by atoms with Crippen LogP contribution in [-0.2, 0) is 0 Å². The molecule has 0 saturated carbocycles. The zero-order valence-corrected chi connectivity index (χ0v) is 17.7. The summed E-state index contributed by atoms with van der Waals surface area (Å²) >= 11 is 3.55. The van der Waals surface area contributed by atoms with Gasteiger partial charge in [-0.2, -0.15) is 5.10 Å². The Morgan fingerprint density at radius 3 is 2.45 bits per heavy atom. The maximum Gasteiger partial charge on any atom is 0.175 e. The van der Waals surface area contributed by atoms with Gasteiger partial charge in [0.1, 0.15) is 25.9 Å². The van der Waals surface area contributed by atoms with E-state index in [1.54, 1.807) is 13.3 Å². The first-order chi connectivity index (χ1) is 14.2. The number of methoxy groups -OCH3 is 1. The first-order valence-corrected chi connectivity index (χ1v) is 9.74. The molecule has 0 aliphatic heterocycles. The SMILES string of the molecule is CCOc1cc(/C=N/n2cnnc2)cc(Br)c1OCCOc1ccccc1OC. The summed E-state index contributed by atoms with van der Waals surface area (Å²) in [6.45, 7) is 3.12. The van der Waals surface area contributed by atoms with Crippen molar-refractivity contribution in [3.8, 4) is 23.0 Å². The third kappa shape index (κ3) is 5.71. The second kappa shape index (κ2) is 10.5. The molecule has 0 radical (unpaired) electrons. The van der Waals surface area contributed by atoms with Gasteiger partial charge >= 0.3 is 0 Å². The maximum absolute atomic E-state index is 5.91. The van der Waals surface area contributed by atoms with E-state index in [9.17, 15) is 0 Å². The lowest BCUT2D eigenvalue weighted by atomic mass is 10.2. The largest absolute Gasteiger partial charge is 0.493 e. The van der Waals surface area contributed by atoms with Crippen LogP contribution in [0.15, 0.2) is 58.6 Å². The predicted octanol–water partition coefficient (Wildman–Crippen LogP) is 3.79. The lowest BCUT2D eigenvalue weighted by Gasteiger charge is -2.15. The topological polar surface area (TPSA) is 80.0 Å². The zero-order chi connectivity index (χ0) is 20.5. The first kappa shape index (κ1) is 20.7. The number of rotatable bonds is 10. The molecule has 0 aliphatic carbocycles. The molecule has 0 saturated heterocycles. The summed E-state index contributed by atoms with van der Waals surface area (Å²) < 4.78 is 24.9. The van der Waals surface area contributed by atoms with E-state index in [2.05, 4.69) is 31.2 Å². The van der Waals surface area contributed by atoms with Gasteiger partial charge < -0.3 is 18.9 Å². The zero-order valence-electron chi connectivity index (χ0n) is 16.1. The van der Waals surface area contributed by atoms with E-state index in [0.717, 1.165) is 10.0 Å². The van der Waals surface area contributed by atoms with Crippen LogP contribution >= 0.6 is 15.9 Å². The van der Waals surface area contributed by atoms with Gasteiger partial charge in [0, 0.05) is 0 Å². The summed E-state index contributed by atoms with van der Waals surface area (Å²) in [5, 5.41) is 11.7. The highest BCUT2D eigenvalue weighted by atomic mass is 79.9. The van der Waals surface area contributed by atoms with Gasteiger partial charge in [-0.3, -0.25) is 0 Å². The summed E-state index contributed by atoms with van der Waals surface area (Å²) in [5.41, 5.74) is 0.839. The molecule has 0 bridgehead atoms. The number of ether oxygens (including phenoxy) is 4. The third-order valence-corrected chi connectivity index (χ3v) is 4.32. The van der Waals surface area contributed by atoms with E-state index in [1.165, 1.54) is 17.3 Å². The molecule has 1 heterocycles. The van der Waals surface area contributed by atoms with Gasteiger partial charge in [-0.15, -0.1) is 10.2 Å². The number of hydrogen-bond donors (Lipinski definition) is 0. The number of benzene rings is 2. The van der Waals surface area contributed by atoms with Crippen molar-refractivity contribution in [2.45, 2.75) is 6.92 Å². The molecule has 0 spiro atoms. The Kier molecular flexibility index (Phi) is 7.46. The molecule has 0 atom stereocenters. The molecule has 152 valence electrons. The van der Waals surface area contributed by atoms with E-state index >= 15 is 0 Å². The van der Waals surface area contributed by atoms with E-state index in [0.29, 0.717) is 42.8 Å². The summed E-state index contributed by atoms with van der Waals surface area (Å²) in [6, 6.07) is 11.2. The summed E-state index contributed by atoms with van der Waals surface area (Å²) in [4.78, 5) is 0. The van der Waals surface area contributed by atoms with Crippen LogP contribution in [0.4, 0.5) is 0 Å². The summed E-state index contributed by atoms with van der Waals surface area (Å²) in [6.07, 6.45) is 4.70. The molecule has 0 fully saturated rings. The third-order valence-electron chi connectivity index (χ3n) is 3.73. The van der Waals surface area contributed by atoms with Crippen molar-refractivity contribution in [2.75, 3.05) is 26.9 Å². The van der Waals surface area contributed by atoms with Crippen LogP contribution in [0.3, 0.4) is 0 Å². The molecule has 0 amide bonds. The molecule has 3 rings (SSSR count). The Hall–Kier alpha value is -3.07. The molecule has 9 heteroatoms. The van der Waals surface area contributed by atoms with Crippen LogP contribution < -0.4 is 18.9 Å². The second-order valence-corrected chi connectivity index (χ2v) is 6.55. The number of halogens is 1. The second-order valence-electron chi connectivity index (χ2n) is 5.70. The highest BCUT2D eigenvalue weighted by molar-refractivity contribution is 9.10. The fourth-order valence-electron chi connectivity index (χ4n) is 2.49. The number of para-hydroxylation sites is 2. The van der Waals surface area contributed by atoms with Crippen LogP contribution in [0.25, 0.3) is 0 Å². The Bertz CT molecular complexity index is 948. The van der Waals surface area contributed by atoms with Crippen molar-refractivity contribution in [1.82, 2.24) is 14.9 Å².